The first-order valence-electron chi connectivity index (χ1n) is 7.56. The monoisotopic (exact) mass is 266 g/mol. The molecule has 2 nitrogen and oxygen atoms in total. The van der Waals surface area contributed by atoms with Crippen molar-refractivity contribution in [2.24, 2.45) is 5.10 Å². The Labute approximate surface area is 121 Å². The Morgan fingerprint density at radius 2 is 1.70 bits per heavy atom. The van der Waals surface area contributed by atoms with Crippen LogP contribution < -0.4 is 0 Å². The summed E-state index contributed by atoms with van der Waals surface area (Å²) < 4.78 is 0. The third-order valence-electron chi connectivity index (χ3n) is 4.30. The minimum Gasteiger partial charge on any atom is -0.292 e. The third kappa shape index (κ3) is 2.55. The molecule has 1 aliphatic rings. The Balaban J connectivity index is 1.90. The van der Waals surface area contributed by atoms with Crippen molar-refractivity contribution in [3.8, 4) is 0 Å². The molecular formula is C18H22N2. The van der Waals surface area contributed by atoms with Gasteiger partial charge in [0.05, 0.1) is 6.21 Å². The minimum absolute atomic E-state index is 0.546. The highest BCUT2D eigenvalue weighted by atomic mass is 15.5. The Bertz CT molecular complexity index is 602. The summed E-state index contributed by atoms with van der Waals surface area (Å²) in [5.74, 6) is 0. The van der Waals surface area contributed by atoms with E-state index < -0.39 is 0 Å². The molecule has 0 saturated carbocycles. The van der Waals surface area contributed by atoms with Crippen LogP contribution in [0.1, 0.15) is 38.7 Å². The van der Waals surface area contributed by atoms with Crippen LogP contribution in [0.15, 0.2) is 47.6 Å². The summed E-state index contributed by atoms with van der Waals surface area (Å²) in [5.41, 5.74) is 1.20. The molecule has 20 heavy (non-hydrogen) atoms. The lowest BCUT2D eigenvalue weighted by atomic mass is 10.00. The van der Waals surface area contributed by atoms with E-state index in [0.717, 1.165) is 0 Å². The second kappa shape index (κ2) is 5.66. The maximum absolute atomic E-state index is 4.77. The Hall–Kier alpha value is -1.83. The summed E-state index contributed by atoms with van der Waals surface area (Å²) in [5, 5.41) is 9.59. The Morgan fingerprint density at radius 1 is 1.00 bits per heavy atom. The number of hydrazone groups is 1. The summed E-state index contributed by atoms with van der Waals surface area (Å²) in [6, 6.07) is 16.0. The lowest BCUT2D eigenvalue weighted by Crippen LogP contribution is -2.39. The zero-order valence-corrected chi connectivity index (χ0v) is 12.3. The molecular weight excluding hydrogens is 244 g/mol. The van der Waals surface area contributed by atoms with E-state index in [1.807, 2.05) is 6.21 Å². The van der Waals surface area contributed by atoms with E-state index in [9.17, 15) is 0 Å². The molecule has 2 atom stereocenters. The smallest absolute Gasteiger partial charge is 0.0549 e. The molecule has 1 heterocycles. The van der Waals surface area contributed by atoms with Crippen LogP contribution in [-0.2, 0) is 0 Å². The molecule has 0 N–H and O–H groups in total. The molecule has 0 amide bonds. The lowest BCUT2D eigenvalue weighted by Gasteiger charge is -2.36. The van der Waals surface area contributed by atoms with Gasteiger partial charge in [0.15, 0.2) is 0 Å². The SMILES string of the molecule is C[C@@H]1CCC[C@@H](C)N1/N=C\c1cccc2ccccc12. The van der Waals surface area contributed by atoms with Gasteiger partial charge in [-0.3, -0.25) is 5.01 Å². The first-order chi connectivity index (χ1) is 9.75. The van der Waals surface area contributed by atoms with Gasteiger partial charge in [0, 0.05) is 17.6 Å². The van der Waals surface area contributed by atoms with Crippen LogP contribution in [0.3, 0.4) is 0 Å². The minimum atomic E-state index is 0.546. The third-order valence-corrected chi connectivity index (χ3v) is 4.30. The fourth-order valence-corrected chi connectivity index (χ4v) is 3.13. The molecule has 2 heteroatoms. The standard InChI is InChI=1S/C18H22N2/c1-14-7-5-8-15(2)20(14)19-13-17-11-6-10-16-9-3-4-12-18(16)17/h3-4,6,9-15H,5,7-8H2,1-2H3/b19-13-/t14-,15-/m1/s1. The highest BCUT2D eigenvalue weighted by Crippen LogP contribution is 2.23. The lowest BCUT2D eigenvalue weighted by molar-refractivity contribution is 0.109. The zero-order chi connectivity index (χ0) is 13.9. The Kier molecular flexibility index (Phi) is 3.72. The molecule has 2 aromatic rings. The predicted octanol–water partition coefficient (Wildman–Crippen LogP) is 4.44. The van der Waals surface area contributed by atoms with Gasteiger partial charge in [-0.05, 0) is 43.9 Å². The number of hydrogen-bond acceptors (Lipinski definition) is 2. The van der Waals surface area contributed by atoms with Gasteiger partial charge in [-0.2, -0.15) is 5.10 Å². The van der Waals surface area contributed by atoms with Gasteiger partial charge >= 0.3 is 0 Å². The summed E-state index contributed by atoms with van der Waals surface area (Å²) in [4.78, 5) is 0. The van der Waals surface area contributed by atoms with Crippen molar-refractivity contribution < 1.29 is 0 Å². The van der Waals surface area contributed by atoms with Gasteiger partial charge in [0.25, 0.3) is 0 Å². The molecule has 3 rings (SSSR count). The second-order valence-electron chi connectivity index (χ2n) is 5.82. The predicted molar refractivity (Wildman–Crippen MR) is 86.2 cm³/mol. The topological polar surface area (TPSA) is 15.6 Å². The average molecular weight is 266 g/mol. The van der Waals surface area contributed by atoms with Gasteiger partial charge in [0.1, 0.15) is 0 Å². The fourth-order valence-electron chi connectivity index (χ4n) is 3.13. The molecule has 0 radical (unpaired) electrons. The largest absolute Gasteiger partial charge is 0.292 e. The van der Waals surface area contributed by atoms with Crippen LogP contribution in [0.25, 0.3) is 10.8 Å². The second-order valence-corrected chi connectivity index (χ2v) is 5.82. The van der Waals surface area contributed by atoms with Crippen molar-refractivity contribution >= 4 is 17.0 Å². The molecule has 1 saturated heterocycles. The molecule has 0 aliphatic carbocycles. The first kappa shape index (κ1) is 13.2. The number of rotatable bonds is 2. The molecule has 0 spiro atoms. The van der Waals surface area contributed by atoms with E-state index >= 15 is 0 Å². The van der Waals surface area contributed by atoms with Gasteiger partial charge in [0.2, 0.25) is 0 Å². The number of benzene rings is 2. The Morgan fingerprint density at radius 3 is 2.50 bits per heavy atom. The van der Waals surface area contributed by atoms with Crippen molar-refractivity contribution in [3.05, 3.63) is 48.0 Å². The fraction of sp³-hybridized carbons (Fsp3) is 0.389. The number of hydrogen-bond donors (Lipinski definition) is 0. The van der Waals surface area contributed by atoms with Crippen molar-refractivity contribution in [1.82, 2.24) is 5.01 Å². The molecule has 0 bridgehead atoms. The van der Waals surface area contributed by atoms with Crippen LogP contribution >= 0.6 is 0 Å². The van der Waals surface area contributed by atoms with Crippen LogP contribution in [0.4, 0.5) is 0 Å². The van der Waals surface area contributed by atoms with Crippen LogP contribution in [-0.4, -0.2) is 23.3 Å². The number of fused-ring (bicyclic) bond motifs is 1. The van der Waals surface area contributed by atoms with Crippen LogP contribution in [0.5, 0.6) is 0 Å². The highest BCUT2D eigenvalue weighted by Gasteiger charge is 2.22. The van der Waals surface area contributed by atoms with Crippen molar-refractivity contribution in [3.63, 3.8) is 0 Å². The van der Waals surface area contributed by atoms with Crippen LogP contribution in [0, 0.1) is 0 Å². The van der Waals surface area contributed by atoms with E-state index in [2.05, 4.69) is 61.3 Å². The summed E-state index contributed by atoms with van der Waals surface area (Å²) in [6.07, 6.45) is 5.84. The summed E-state index contributed by atoms with van der Waals surface area (Å²) in [7, 11) is 0. The van der Waals surface area contributed by atoms with E-state index in [1.165, 1.54) is 35.6 Å². The average Bonchev–Trinajstić information content (AvgIpc) is 2.47. The number of piperidine rings is 1. The van der Waals surface area contributed by atoms with E-state index in [1.54, 1.807) is 0 Å². The molecule has 1 fully saturated rings. The molecule has 0 aromatic heterocycles. The molecule has 2 aromatic carbocycles. The van der Waals surface area contributed by atoms with Crippen molar-refractivity contribution in [2.45, 2.75) is 45.2 Å². The summed E-state index contributed by atoms with van der Waals surface area (Å²) >= 11 is 0. The van der Waals surface area contributed by atoms with Gasteiger partial charge in [-0.1, -0.05) is 42.5 Å². The van der Waals surface area contributed by atoms with Crippen molar-refractivity contribution in [2.75, 3.05) is 0 Å². The van der Waals surface area contributed by atoms with E-state index in [-0.39, 0.29) is 0 Å². The van der Waals surface area contributed by atoms with Gasteiger partial charge < -0.3 is 0 Å². The van der Waals surface area contributed by atoms with Gasteiger partial charge in [-0.15, -0.1) is 0 Å². The maximum atomic E-state index is 4.77. The maximum Gasteiger partial charge on any atom is 0.0549 e. The zero-order valence-electron chi connectivity index (χ0n) is 12.3. The normalized spacial score (nSPS) is 23.6. The van der Waals surface area contributed by atoms with Crippen molar-refractivity contribution in [1.29, 1.82) is 0 Å². The van der Waals surface area contributed by atoms with Crippen LogP contribution in [0.2, 0.25) is 0 Å². The van der Waals surface area contributed by atoms with Gasteiger partial charge in [-0.25, -0.2) is 0 Å². The van der Waals surface area contributed by atoms with E-state index in [4.69, 9.17) is 5.10 Å². The molecule has 1 aliphatic heterocycles. The number of nitrogens with zero attached hydrogens (tertiary/aromatic N) is 2. The first-order valence-corrected chi connectivity index (χ1v) is 7.56. The summed E-state index contributed by atoms with van der Waals surface area (Å²) in [6.45, 7) is 4.55. The van der Waals surface area contributed by atoms with E-state index in [0.29, 0.717) is 12.1 Å². The molecule has 104 valence electrons. The molecule has 0 unspecified atom stereocenters. The quantitative estimate of drug-likeness (QED) is 0.734. The highest BCUT2D eigenvalue weighted by molar-refractivity contribution is 5.99.